The number of carbonyl (C=O) groups excluding carboxylic acids is 1. The second kappa shape index (κ2) is 12.0. The standard InChI is InChI=1S/C27H23N5O4S2/c33-24(16-18-28-23-5-1-2-6-25(23)34)19-8-10-20(11-9-19)30-27(37)31-21-12-14-22(15-13-21)38(35,36)32-26-7-3-4-17-29-26/h1-18,28,34H,(H,29,32)(H2,30,31,37)/b18-16+. The molecule has 0 amide bonds. The van der Waals surface area contributed by atoms with Crippen LogP contribution in [0.1, 0.15) is 10.4 Å². The Morgan fingerprint density at radius 3 is 2.11 bits per heavy atom. The van der Waals surface area contributed by atoms with Crippen molar-refractivity contribution in [3.63, 3.8) is 0 Å². The predicted octanol–water partition coefficient (Wildman–Crippen LogP) is 5.21. The van der Waals surface area contributed by atoms with Crippen molar-refractivity contribution in [3.05, 3.63) is 115 Å². The van der Waals surface area contributed by atoms with Crippen molar-refractivity contribution < 1.29 is 18.3 Å². The van der Waals surface area contributed by atoms with Gasteiger partial charge in [-0.15, -0.1) is 0 Å². The van der Waals surface area contributed by atoms with Crippen molar-refractivity contribution in [3.8, 4) is 5.75 Å². The molecule has 3 aromatic carbocycles. The average Bonchev–Trinajstić information content (AvgIpc) is 2.91. The number of phenolic OH excluding ortho intramolecular Hbond substituents is 1. The van der Waals surface area contributed by atoms with Crippen LogP contribution in [0.3, 0.4) is 0 Å². The maximum Gasteiger partial charge on any atom is 0.263 e. The summed E-state index contributed by atoms with van der Waals surface area (Å²) >= 11 is 5.34. The van der Waals surface area contributed by atoms with Gasteiger partial charge in [0.05, 0.1) is 10.6 Å². The highest BCUT2D eigenvalue weighted by molar-refractivity contribution is 7.92. The molecule has 0 aliphatic heterocycles. The van der Waals surface area contributed by atoms with Crippen LogP contribution in [0.15, 0.2) is 114 Å². The van der Waals surface area contributed by atoms with E-state index in [-0.39, 0.29) is 27.4 Å². The first-order chi connectivity index (χ1) is 18.3. The van der Waals surface area contributed by atoms with Gasteiger partial charge in [0.25, 0.3) is 10.0 Å². The molecular weight excluding hydrogens is 522 g/mol. The van der Waals surface area contributed by atoms with Gasteiger partial charge in [0.15, 0.2) is 10.9 Å². The minimum Gasteiger partial charge on any atom is -0.506 e. The van der Waals surface area contributed by atoms with E-state index >= 15 is 0 Å². The molecule has 4 rings (SSSR count). The molecule has 0 bridgehead atoms. The summed E-state index contributed by atoms with van der Waals surface area (Å²) in [6.07, 6.45) is 4.34. The summed E-state index contributed by atoms with van der Waals surface area (Å²) in [6, 6.07) is 24.5. The summed E-state index contributed by atoms with van der Waals surface area (Å²) in [5.41, 5.74) is 2.22. The SMILES string of the molecule is O=C(/C=C/Nc1ccccc1O)c1ccc(NC(=S)Nc2ccc(S(=O)(=O)Nc3ccccn3)cc2)cc1. The number of aromatic nitrogens is 1. The average molecular weight is 546 g/mol. The lowest BCUT2D eigenvalue weighted by atomic mass is 10.1. The molecule has 1 aromatic heterocycles. The normalized spacial score (nSPS) is 11.1. The van der Waals surface area contributed by atoms with Crippen LogP contribution in [-0.2, 0) is 10.0 Å². The third kappa shape index (κ3) is 7.15. The van der Waals surface area contributed by atoms with Crippen LogP contribution in [-0.4, -0.2) is 29.4 Å². The number of sulfonamides is 1. The molecule has 0 radical (unpaired) electrons. The molecule has 192 valence electrons. The van der Waals surface area contributed by atoms with Crippen molar-refractivity contribution in [2.45, 2.75) is 4.90 Å². The molecule has 0 saturated carbocycles. The molecule has 0 atom stereocenters. The number of phenols is 1. The van der Waals surface area contributed by atoms with Gasteiger partial charge < -0.3 is 21.1 Å². The van der Waals surface area contributed by atoms with Crippen LogP contribution in [0.4, 0.5) is 22.9 Å². The Bertz CT molecular complexity index is 1560. The minimum atomic E-state index is -3.78. The van der Waals surface area contributed by atoms with Gasteiger partial charge in [0.1, 0.15) is 11.6 Å². The number of thiocarbonyl (C=S) groups is 1. The summed E-state index contributed by atoms with van der Waals surface area (Å²) in [4.78, 5) is 16.4. The smallest absolute Gasteiger partial charge is 0.263 e. The monoisotopic (exact) mass is 545 g/mol. The Morgan fingerprint density at radius 1 is 0.842 bits per heavy atom. The van der Waals surface area contributed by atoms with E-state index in [0.717, 1.165) is 0 Å². The van der Waals surface area contributed by atoms with Crippen LogP contribution >= 0.6 is 12.2 Å². The fraction of sp³-hybridized carbons (Fsp3) is 0. The molecule has 1 heterocycles. The second-order valence-electron chi connectivity index (χ2n) is 7.86. The molecule has 0 aliphatic rings. The molecule has 11 heteroatoms. The number of nitrogens with zero attached hydrogens (tertiary/aromatic N) is 1. The molecule has 4 aromatic rings. The van der Waals surface area contributed by atoms with E-state index in [2.05, 4.69) is 25.7 Å². The van der Waals surface area contributed by atoms with E-state index in [1.165, 1.54) is 30.6 Å². The zero-order valence-corrected chi connectivity index (χ0v) is 21.5. The number of rotatable bonds is 9. The van der Waals surface area contributed by atoms with Crippen molar-refractivity contribution in [2.75, 3.05) is 20.7 Å². The summed E-state index contributed by atoms with van der Waals surface area (Å²) in [5.74, 6) is 0.101. The molecule has 0 saturated heterocycles. The number of benzene rings is 3. The molecule has 9 nitrogen and oxygen atoms in total. The fourth-order valence-corrected chi connectivity index (χ4v) is 4.49. The molecule has 0 aliphatic carbocycles. The van der Waals surface area contributed by atoms with Crippen LogP contribution in [0.25, 0.3) is 0 Å². The quantitative estimate of drug-likeness (QED) is 0.0832. The van der Waals surface area contributed by atoms with Crippen LogP contribution in [0, 0.1) is 0 Å². The van der Waals surface area contributed by atoms with Gasteiger partial charge in [-0.05, 0) is 85.0 Å². The van der Waals surface area contributed by atoms with E-state index in [4.69, 9.17) is 12.2 Å². The first-order valence-corrected chi connectivity index (χ1v) is 13.2. The van der Waals surface area contributed by atoms with E-state index < -0.39 is 10.0 Å². The topological polar surface area (TPSA) is 132 Å². The largest absolute Gasteiger partial charge is 0.506 e. The van der Waals surface area contributed by atoms with Crippen LogP contribution < -0.4 is 20.7 Å². The van der Waals surface area contributed by atoms with Gasteiger partial charge in [-0.3, -0.25) is 9.52 Å². The minimum absolute atomic E-state index is 0.0812. The third-order valence-electron chi connectivity index (χ3n) is 5.13. The maximum absolute atomic E-state index is 12.5. The predicted molar refractivity (Wildman–Crippen MR) is 153 cm³/mol. The number of carbonyl (C=O) groups is 1. The third-order valence-corrected chi connectivity index (χ3v) is 6.71. The number of aromatic hydroxyl groups is 1. The number of nitrogens with one attached hydrogen (secondary N) is 4. The lowest BCUT2D eigenvalue weighted by molar-refractivity contribution is 0.104. The van der Waals surface area contributed by atoms with Crippen molar-refractivity contribution in [1.29, 1.82) is 0 Å². The van der Waals surface area contributed by atoms with Gasteiger partial charge in [-0.1, -0.05) is 18.2 Å². The lowest BCUT2D eigenvalue weighted by Crippen LogP contribution is -2.19. The molecule has 5 N–H and O–H groups in total. The van der Waals surface area contributed by atoms with Gasteiger partial charge in [-0.2, -0.15) is 0 Å². The highest BCUT2D eigenvalue weighted by atomic mass is 32.2. The zero-order chi connectivity index (χ0) is 27.0. The first kappa shape index (κ1) is 26.3. The lowest BCUT2D eigenvalue weighted by Gasteiger charge is -2.12. The van der Waals surface area contributed by atoms with E-state index in [1.807, 2.05) is 0 Å². The number of anilines is 4. The molecule has 0 fully saturated rings. The Hall–Kier alpha value is -4.74. The summed E-state index contributed by atoms with van der Waals surface area (Å²) < 4.78 is 27.5. The Kier molecular flexibility index (Phi) is 8.31. The maximum atomic E-state index is 12.5. The molecular formula is C27H23N5O4S2. The Labute approximate surface area is 225 Å². The summed E-state index contributed by atoms with van der Waals surface area (Å²) in [6.45, 7) is 0. The molecule has 0 unspecified atom stereocenters. The van der Waals surface area contributed by atoms with Crippen LogP contribution in [0.5, 0.6) is 5.75 Å². The number of allylic oxidation sites excluding steroid dienone is 1. The van der Waals surface area contributed by atoms with Gasteiger partial charge >= 0.3 is 0 Å². The highest BCUT2D eigenvalue weighted by Gasteiger charge is 2.14. The molecule has 0 spiro atoms. The Morgan fingerprint density at radius 2 is 1.47 bits per heavy atom. The summed E-state index contributed by atoms with van der Waals surface area (Å²) in [7, 11) is -3.78. The van der Waals surface area contributed by atoms with Gasteiger partial charge in [0, 0.05) is 35.4 Å². The highest BCUT2D eigenvalue weighted by Crippen LogP contribution is 2.21. The first-order valence-electron chi connectivity index (χ1n) is 11.3. The Balaban J connectivity index is 1.29. The van der Waals surface area contributed by atoms with Crippen molar-refractivity contribution in [2.24, 2.45) is 0 Å². The van der Waals surface area contributed by atoms with Crippen molar-refractivity contribution >= 4 is 56.0 Å². The second-order valence-corrected chi connectivity index (χ2v) is 9.95. The zero-order valence-electron chi connectivity index (χ0n) is 19.8. The van der Waals surface area contributed by atoms with E-state index in [0.29, 0.717) is 22.6 Å². The summed E-state index contributed by atoms with van der Waals surface area (Å²) in [5, 5.41) is 18.9. The van der Waals surface area contributed by atoms with Gasteiger partial charge in [0.2, 0.25) is 0 Å². The van der Waals surface area contributed by atoms with Gasteiger partial charge in [-0.25, -0.2) is 13.4 Å². The van der Waals surface area contributed by atoms with Crippen LogP contribution in [0.2, 0.25) is 0 Å². The number of hydrogen-bond acceptors (Lipinski definition) is 7. The van der Waals surface area contributed by atoms with E-state index in [1.54, 1.807) is 78.9 Å². The fourth-order valence-electron chi connectivity index (χ4n) is 3.25. The number of hydrogen-bond donors (Lipinski definition) is 5. The van der Waals surface area contributed by atoms with Crippen molar-refractivity contribution in [1.82, 2.24) is 4.98 Å². The van der Waals surface area contributed by atoms with E-state index in [9.17, 15) is 18.3 Å². The molecule has 38 heavy (non-hydrogen) atoms. The number of ketones is 1. The number of pyridine rings is 1. The number of para-hydroxylation sites is 2.